The number of halogens is 3. The Morgan fingerprint density at radius 1 is 1.19 bits per heavy atom. The van der Waals surface area contributed by atoms with Crippen LogP contribution in [0.3, 0.4) is 0 Å². The number of nitro groups is 1. The Morgan fingerprint density at radius 3 is 2.31 bits per heavy atom. The molecule has 0 aromatic heterocycles. The lowest BCUT2D eigenvalue weighted by molar-refractivity contribution is -0.384. The monoisotopic (exact) mass is 368 g/mol. The number of ether oxygens (including phenoxy) is 1. The van der Waals surface area contributed by atoms with Gasteiger partial charge in [-0.1, -0.05) is 12.1 Å². The summed E-state index contributed by atoms with van der Waals surface area (Å²) in [5, 5.41) is 10.9. The fourth-order valence-corrected chi connectivity index (χ4v) is 2.33. The van der Waals surface area contributed by atoms with Crippen LogP contribution in [0.2, 0.25) is 0 Å². The van der Waals surface area contributed by atoms with E-state index >= 15 is 0 Å². The van der Waals surface area contributed by atoms with Gasteiger partial charge in [0.05, 0.1) is 23.2 Å². The summed E-state index contributed by atoms with van der Waals surface area (Å²) in [6, 6.07) is 8.05. The van der Waals surface area contributed by atoms with Gasteiger partial charge in [-0.2, -0.15) is 13.2 Å². The highest BCUT2D eigenvalue weighted by atomic mass is 19.4. The number of nitro benzene ring substituents is 1. The number of methoxy groups -OCH3 is 1. The topological polar surface area (TPSA) is 72.7 Å². The van der Waals surface area contributed by atoms with Crippen LogP contribution >= 0.6 is 0 Å². The smallest absolute Gasteiger partial charge is 0.416 e. The summed E-state index contributed by atoms with van der Waals surface area (Å²) in [6.07, 6.45) is -4.43. The van der Waals surface area contributed by atoms with Crippen LogP contribution in [0.5, 0.6) is 5.75 Å². The van der Waals surface area contributed by atoms with Gasteiger partial charge in [0.2, 0.25) is 0 Å². The van der Waals surface area contributed by atoms with E-state index in [0.29, 0.717) is 5.56 Å². The summed E-state index contributed by atoms with van der Waals surface area (Å²) in [7, 11) is 2.77. The van der Waals surface area contributed by atoms with Crippen LogP contribution in [0, 0.1) is 10.1 Å². The normalized spacial score (nSPS) is 11.1. The summed E-state index contributed by atoms with van der Waals surface area (Å²) in [6.45, 7) is 0.0306. The van der Waals surface area contributed by atoms with E-state index < -0.39 is 22.6 Å². The average molecular weight is 368 g/mol. The number of carbonyl (C=O) groups excluding carboxylic acids is 1. The Bertz CT molecular complexity index is 820. The minimum Gasteiger partial charge on any atom is -0.496 e. The fourth-order valence-electron chi connectivity index (χ4n) is 2.33. The van der Waals surface area contributed by atoms with Crippen LogP contribution in [0.15, 0.2) is 42.5 Å². The first-order chi connectivity index (χ1) is 12.1. The first-order valence-electron chi connectivity index (χ1n) is 7.37. The summed E-state index contributed by atoms with van der Waals surface area (Å²) in [5.41, 5.74) is -0.568. The van der Waals surface area contributed by atoms with Gasteiger partial charge in [-0.05, 0) is 23.8 Å². The number of amides is 1. The second kappa shape index (κ2) is 7.42. The number of benzene rings is 2. The Hall–Kier alpha value is -3.10. The van der Waals surface area contributed by atoms with Crippen LogP contribution in [0.4, 0.5) is 18.9 Å². The van der Waals surface area contributed by atoms with Gasteiger partial charge in [0.25, 0.3) is 11.6 Å². The molecule has 0 atom stereocenters. The number of hydrogen-bond donors (Lipinski definition) is 0. The molecular weight excluding hydrogens is 353 g/mol. The zero-order valence-electron chi connectivity index (χ0n) is 13.9. The molecular formula is C17H15F3N2O4. The van der Waals surface area contributed by atoms with Gasteiger partial charge in [-0.3, -0.25) is 14.9 Å². The van der Waals surface area contributed by atoms with Gasteiger partial charge in [-0.15, -0.1) is 0 Å². The van der Waals surface area contributed by atoms with Gasteiger partial charge in [0.15, 0.2) is 0 Å². The van der Waals surface area contributed by atoms with Crippen molar-refractivity contribution in [2.75, 3.05) is 14.2 Å². The molecule has 0 fully saturated rings. The molecule has 1 amide bonds. The van der Waals surface area contributed by atoms with E-state index in [1.807, 2.05) is 0 Å². The van der Waals surface area contributed by atoms with Gasteiger partial charge in [-0.25, -0.2) is 0 Å². The molecule has 0 unspecified atom stereocenters. The second-order valence-corrected chi connectivity index (χ2v) is 5.50. The quantitative estimate of drug-likeness (QED) is 0.593. The summed E-state index contributed by atoms with van der Waals surface area (Å²) >= 11 is 0. The maximum atomic E-state index is 12.6. The van der Waals surface area contributed by atoms with Crippen molar-refractivity contribution in [2.24, 2.45) is 0 Å². The fraction of sp³-hybridized carbons (Fsp3) is 0.235. The van der Waals surface area contributed by atoms with Crippen molar-refractivity contribution in [2.45, 2.75) is 12.7 Å². The molecule has 2 aromatic rings. The highest BCUT2D eigenvalue weighted by Crippen LogP contribution is 2.29. The minimum absolute atomic E-state index is 0.00360. The van der Waals surface area contributed by atoms with Gasteiger partial charge in [0.1, 0.15) is 5.75 Å². The maximum absolute atomic E-state index is 12.6. The van der Waals surface area contributed by atoms with Crippen LogP contribution in [0.25, 0.3) is 0 Å². The molecule has 6 nitrogen and oxygen atoms in total. The second-order valence-electron chi connectivity index (χ2n) is 5.50. The van der Waals surface area contributed by atoms with E-state index in [9.17, 15) is 28.1 Å². The predicted molar refractivity (Wildman–Crippen MR) is 86.9 cm³/mol. The molecule has 0 heterocycles. The number of nitrogens with zero attached hydrogens (tertiary/aromatic N) is 2. The maximum Gasteiger partial charge on any atom is 0.416 e. The molecule has 9 heteroatoms. The van der Waals surface area contributed by atoms with E-state index in [1.165, 1.54) is 43.3 Å². The molecule has 0 aliphatic carbocycles. The van der Waals surface area contributed by atoms with E-state index in [4.69, 9.17) is 4.74 Å². The van der Waals surface area contributed by atoms with E-state index in [-0.39, 0.29) is 23.5 Å². The number of hydrogen-bond acceptors (Lipinski definition) is 4. The third kappa shape index (κ3) is 4.29. The summed E-state index contributed by atoms with van der Waals surface area (Å²) < 4.78 is 42.8. The highest BCUT2D eigenvalue weighted by molar-refractivity contribution is 5.97. The largest absolute Gasteiger partial charge is 0.496 e. The van der Waals surface area contributed by atoms with E-state index in [1.54, 1.807) is 0 Å². The number of carbonyl (C=O) groups is 1. The van der Waals surface area contributed by atoms with Crippen molar-refractivity contribution in [3.8, 4) is 5.75 Å². The van der Waals surface area contributed by atoms with Crippen LogP contribution in [-0.4, -0.2) is 29.9 Å². The Balaban J connectivity index is 2.22. The van der Waals surface area contributed by atoms with Crippen molar-refractivity contribution < 1.29 is 27.6 Å². The molecule has 0 radical (unpaired) electrons. The first kappa shape index (κ1) is 19.2. The molecule has 2 rings (SSSR count). The van der Waals surface area contributed by atoms with Gasteiger partial charge >= 0.3 is 6.18 Å². The molecule has 0 spiro atoms. The lowest BCUT2D eigenvalue weighted by atomic mass is 10.1. The lowest BCUT2D eigenvalue weighted by Gasteiger charge is -2.19. The minimum atomic E-state index is -4.43. The third-order valence-corrected chi connectivity index (χ3v) is 3.67. The third-order valence-electron chi connectivity index (χ3n) is 3.67. The van der Waals surface area contributed by atoms with E-state index in [2.05, 4.69) is 0 Å². The molecule has 138 valence electrons. The van der Waals surface area contributed by atoms with Gasteiger partial charge in [0, 0.05) is 25.7 Å². The first-order valence-corrected chi connectivity index (χ1v) is 7.37. The van der Waals surface area contributed by atoms with Crippen molar-refractivity contribution in [3.63, 3.8) is 0 Å². The summed E-state index contributed by atoms with van der Waals surface area (Å²) in [5.74, 6) is -0.384. The van der Waals surface area contributed by atoms with Crippen LogP contribution < -0.4 is 4.74 Å². The molecule has 0 N–H and O–H groups in total. The molecule has 0 aliphatic rings. The van der Waals surface area contributed by atoms with Crippen molar-refractivity contribution in [1.29, 1.82) is 0 Å². The standard InChI is InChI=1S/C17H15F3N2O4/c1-21(10-11-3-5-12(6-4-11)17(18,19)20)16(23)14-9-13(22(24)25)7-8-15(14)26-2/h3-9H,10H2,1-2H3. The SMILES string of the molecule is COc1ccc([N+](=O)[O-])cc1C(=O)N(C)Cc1ccc(C(F)(F)F)cc1. The Labute approximate surface area is 146 Å². The Kier molecular flexibility index (Phi) is 5.49. The molecule has 0 bridgehead atoms. The zero-order chi connectivity index (χ0) is 19.5. The summed E-state index contributed by atoms with van der Waals surface area (Å²) in [4.78, 5) is 24.1. The highest BCUT2D eigenvalue weighted by Gasteiger charge is 2.30. The lowest BCUT2D eigenvalue weighted by Crippen LogP contribution is -2.26. The molecule has 2 aromatic carbocycles. The van der Waals surface area contributed by atoms with Crippen molar-refractivity contribution >= 4 is 11.6 Å². The number of non-ortho nitro benzene ring substituents is 1. The zero-order valence-corrected chi connectivity index (χ0v) is 13.9. The predicted octanol–water partition coefficient (Wildman–Crippen LogP) is 3.89. The van der Waals surface area contributed by atoms with Crippen molar-refractivity contribution in [3.05, 3.63) is 69.3 Å². The van der Waals surface area contributed by atoms with Crippen LogP contribution in [-0.2, 0) is 12.7 Å². The molecule has 0 saturated heterocycles. The van der Waals surface area contributed by atoms with E-state index in [0.717, 1.165) is 18.2 Å². The molecule has 26 heavy (non-hydrogen) atoms. The average Bonchev–Trinajstić information content (AvgIpc) is 2.60. The van der Waals surface area contributed by atoms with Crippen LogP contribution in [0.1, 0.15) is 21.5 Å². The number of alkyl halides is 3. The van der Waals surface area contributed by atoms with Gasteiger partial charge < -0.3 is 9.64 Å². The Morgan fingerprint density at radius 2 is 1.81 bits per heavy atom. The molecule has 0 aliphatic heterocycles. The molecule has 0 saturated carbocycles. The number of rotatable bonds is 5. The van der Waals surface area contributed by atoms with Crippen molar-refractivity contribution in [1.82, 2.24) is 4.90 Å².